The molecule has 6 atom stereocenters. The Morgan fingerprint density at radius 1 is 1.24 bits per heavy atom. The van der Waals surface area contributed by atoms with E-state index in [9.17, 15) is 19.6 Å². The molecule has 3 saturated carbocycles. The number of rotatable bonds is 11. The number of aliphatic hydroxyl groups excluding tert-OH is 2. The average Bonchev–Trinajstić information content (AvgIpc) is 3.44. The van der Waals surface area contributed by atoms with Gasteiger partial charge in [0.05, 0.1) is 18.9 Å². The molecule has 14 heteroatoms. The third kappa shape index (κ3) is 4.87. The van der Waals surface area contributed by atoms with Gasteiger partial charge in [-0.25, -0.2) is 14.1 Å². The number of anilines is 1. The zero-order chi connectivity index (χ0) is 29.9. The third-order valence-corrected chi connectivity index (χ3v) is 10.4. The number of hydrogen-bond donors (Lipinski definition) is 4. The van der Waals surface area contributed by atoms with Gasteiger partial charge in [0, 0.05) is 0 Å². The molecule has 0 spiro atoms. The molecule has 5 N–H and O–H groups in total. The molecule has 42 heavy (non-hydrogen) atoms. The van der Waals surface area contributed by atoms with Gasteiger partial charge in [0.1, 0.15) is 47.5 Å². The summed E-state index contributed by atoms with van der Waals surface area (Å²) in [4.78, 5) is 16.3. The lowest BCUT2D eigenvalue weighted by Crippen LogP contribution is -2.55. The first-order valence-corrected chi connectivity index (χ1v) is 15.6. The van der Waals surface area contributed by atoms with E-state index in [2.05, 4.69) is 15.2 Å². The number of nitrogens with two attached hydrogens (primary N) is 1. The molecular formula is C28H36N5O8P. The van der Waals surface area contributed by atoms with Crippen LogP contribution >= 0.6 is 7.75 Å². The van der Waals surface area contributed by atoms with Gasteiger partial charge in [-0.2, -0.15) is 10.2 Å². The van der Waals surface area contributed by atoms with Crippen LogP contribution in [0.25, 0.3) is 5.52 Å². The van der Waals surface area contributed by atoms with Crippen molar-refractivity contribution in [2.45, 2.75) is 75.4 Å². The van der Waals surface area contributed by atoms with Crippen molar-refractivity contribution in [3.05, 3.63) is 54.0 Å². The number of esters is 1. The number of benzene rings is 1. The van der Waals surface area contributed by atoms with Crippen molar-refractivity contribution < 1.29 is 38.1 Å². The fourth-order valence-corrected chi connectivity index (χ4v) is 7.82. The van der Waals surface area contributed by atoms with Crippen LogP contribution in [-0.2, 0) is 34.4 Å². The van der Waals surface area contributed by atoms with Crippen molar-refractivity contribution in [2.24, 2.45) is 5.92 Å². The van der Waals surface area contributed by atoms with Gasteiger partial charge in [-0.05, 0) is 81.2 Å². The van der Waals surface area contributed by atoms with Gasteiger partial charge in [-0.15, -0.1) is 0 Å². The molecule has 3 heterocycles. The highest BCUT2D eigenvalue weighted by Crippen LogP contribution is 2.65. The number of carbonyl (C=O) groups excluding carboxylic acids is 1. The highest BCUT2D eigenvalue weighted by atomic mass is 31.2. The van der Waals surface area contributed by atoms with E-state index in [4.69, 9.17) is 24.3 Å². The third-order valence-electron chi connectivity index (χ3n) is 8.79. The first-order chi connectivity index (χ1) is 20.0. The van der Waals surface area contributed by atoms with Crippen LogP contribution in [0.1, 0.15) is 51.3 Å². The number of ether oxygens (including phenoxy) is 2. The summed E-state index contributed by atoms with van der Waals surface area (Å²) in [6.07, 6.45) is 0.945. The van der Waals surface area contributed by atoms with Crippen molar-refractivity contribution >= 4 is 25.1 Å². The summed E-state index contributed by atoms with van der Waals surface area (Å²) in [5.41, 5.74) is 6.95. The molecule has 3 aromatic rings. The molecule has 7 rings (SSSR count). The van der Waals surface area contributed by atoms with E-state index < -0.39 is 50.3 Å². The molecule has 2 bridgehead atoms. The van der Waals surface area contributed by atoms with Gasteiger partial charge < -0.3 is 29.9 Å². The maximum absolute atomic E-state index is 14.0. The molecule has 1 saturated heterocycles. The summed E-state index contributed by atoms with van der Waals surface area (Å²) < 4.78 is 38.3. The highest BCUT2D eigenvalue weighted by molar-refractivity contribution is 7.52. The van der Waals surface area contributed by atoms with Crippen LogP contribution in [0.2, 0.25) is 0 Å². The Morgan fingerprint density at radius 3 is 2.60 bits per heavy atom. The van der Waals surface area contributed by atoms with Crippen molar-refractivity contribution in [2.75, 3.05) is 18.9 Å². The summed E-state index contributed by atoms with van der Waals surface area (Å²) >= 11 is 0. The van der Waals surface area contributed by atoms with Gasteiger partial charge in [-0.1, -0.05) is 12.1 Å². The Bertz CT molecular complexity index is 1520. The fraction of sp³-hybridized carbons (Fsp3) is 0.536. The maximum atomic E-state index is 14.0. The first kappa shape index (κ1) is 29.0. The molecule has 3 aliphatic carbocycles. The van der Waals surface area contributed by atoms with Gasteiger partial charge in [0.25, 0.3) is 0 Å². The lowest BCUT2D eigenvalue weighted by molar-refractivity contribution is -0.144. The molecule has 0 amide bonds. The maximum Gasteiger partial charge on any atom is 0.459 e. The summed E-state index contributed by atoms with van der Waals surface area (Å²) in [5.74, 6) is 0.724. The van der Waals surface area contributed by atoms with Crippen molar-refractivity contribution in [1.29, 1.82) is 0 Å². The fourth-order valence-electron chi connectivity index (χ4n) is 6.31. The van der Waals surface area contributed by atoms with Gasteiger partial charge in [0.15, 0.2) is 5.82 Å². The summed E-state index contributed by atoms with van der Waals surface area (Å²) in [7, 11) is -4.23. The lowest BCUT2D eigenvalue weighted by Gasteiger charge is -2.62. The van der Waals surface area contributed by atoms with Crippen molar-refractivity contribution in [3.8, 4) is 5.75 Å². The van der Waals surface area contributed by atoms with Gasteiger partial charge >= 0.3 is 13.7 Å². The van der Waals surface area contributed by atoms with Crippen molar-refractivity contribution in [3.63, 3.8) is 0 Å². The second-order valence-electron chi connectivity index (χ2n) is 11.6. The Morgan fingerprint density at radius 2 is 1.95 bits per heavy atom. The molecule has 1 unspecified atom stereocenters. The number of fused-ring (bicyclic) bond motifs is 1. The minimum atomic E-state index is -4.23. The predicted octanol–water partition coefficient (Wildman–Crippen LogP) is 2.44. The highest BCUT2D eigenvalue weighted by Gasteiger charge is 2.57. The van der Waals surface area contributed by atoms with E-state index in [-0.39, 0.29) is 23.6 Å². The Hall–Kier alpha value is -3.06. The van der Waals surface area contributed by atoms with E-state index >= 15 is 0 Å². The van der Waals surface area contributed by atoms with Crippen LogP contribution in [-0.4, -0.2) is 68.3 Å². The number of nitrogen functional groups attached to an aromatic ring is 1. The molecule has 226 valence electrons. The Labute approximate surface area is 242 Å². The van der Waals surface area contributed by atoms with Crippen LogP contribution in [0, 0.1) is 5.92 Å². The van der Waals surface area contributed by atoms with Crippen LogP contribution in [0.15, 0.2) is 42.7 Å². The minimum absolute atomic E-state index is 0.143. The topological polar surface area (TPSA) is 180 Å². The minimum Gasteiger partial charge on any atom is -0.465 e. The smallest absolute Gasteiger partial charge is 0.459 e. The Balaban J connectivity index is 1.20. The van der Waals surface area contributed by atoms with Crippen LogP contribution < -0.4 is 15.3 Å². The second-order valence-corrected chi connectivity index (χ2v) is 13.3. The Kier molecular flexibility index (Phi) is 7.32. The first-order valence-electron chi connectivity index (χ1n) is 14.1. The van der Waals surface area contributed by atoms with Crippen LogP contribution in [0.4, 0.5) is 5.82 Å². The SMILES string of the molecule is CCOC(=O)[C@H](C)NP(=O)(OC[C@H]1O[C@@](C)(c2ccc3c(N)ncnn23)[C@H](O)[C@@H]1O)Oc1ccc(C23CC(C2)C3)cc1. The van der Waals surface area contributed by atoms with E-state index in [1.165, 1.54) is 42.6 Å². The number of hydrogen-bond acceptors (Lipinski definition) is 11. The van der Waals surface area contributed by atoms with E-state index in [0.717, 1.165) is 5.92 Å². The zero-order valence-electron chi connectivity index (χ0n) is 23.7. The molecule has 4 fully saturated rings. The standard InChI is InChI=1S/C28H36N5O8P/c1-4-38-26(36)16(2)32-42(37,41-19-7-5-18(6-8-19)28-11-17(12-28)13-28)39-14-21-23(34)24(35)27(3,40-21)22-10-9-20-25(29)30-15-31-33(20)22/h5-10,15-17,21,23-24,34-35H,4,11-14H2,1-3H3,(H,32,37)(H2,29,30,31)/t16-,17?,21+,23+,24+,27-,28?,42?/m0/s1. The zero-order valence-corrected chi connectivity index (χ0v) is 24.6. The molecule has 4 aliphatic rings. The summed E-state index contributed by atoms with van der Waals surface area (Å²) in [6, 6.07) is 9.72. The van der Waals surface area contributed by atoms with Crippen LogP contribution in [0.3, 0.4) is 0 Å². The molecule has 2 aromatic heterocycles. The van der Waals surface area contributed by atoms with E-state index in [1.54, 1.807) is 38.1 Å². The number of aromatic nitrogens is 3. The molecule has 1 aromatic carbocycles. The quantitative estimate of drug-likeness (QED) is 0.187. The average molecular weight is 602 g/mol. The molecule has 13 nitrogen and oxygen atoms in total. The largest absolute Gasteiger partial charge is 0.465 e. The number of nitrogens with one attached hydrogen (secondary N) is 1. The molecule has 0 radical (unpaired) electrons. The van der Waals surface area contributed by atoms with E-state index in [0.29, 0.717) is 11.2 Å². The monoisotopic (exact) mass is 601 g/mol. The second kappa shape index (κ2) is 10.6. The normalized spacial score (nSPS) is 32.0. The number of aliphatic hydroxyl groups is 2. The van der Waals surface area contributed by atoms with Crippen LogP contribution in [0.5, 0.6) is 5.75 Å². The van der Waals surface area contributed by atoms with Crippen molar-refractivity contribution in [1.82, 2.24) is 19.7 Å². The van der Waals surface area contributed by atoms with E-state index in [1.807, 2.05) is 12.1 Å². The predicted molar refractivity (Wildman–Crippen MR) is 151 cm³/mol. The molecular weight excluding hydrogens is 565 g/mol. The summed E-state index contributed by atoms with van der Waals surface area (Å²) in [6.45, 7) is 4.46. The lowest BCUT2D eigenvalue weighted by atomic mass is 9.42. The van der Waals surface area contributed by atoms with Gasteiger partial charge in [-0.3, -0.25) is 9.32 Å². The summed E-state index contributed by atoms with van der Waals surface area (Å²) in [5, 5.41) is 28.8. The number of nitrogens with zero attached hydrogens (tertiary/aromatic N) is 3. The number of carbonyl (C=O) groups is 1. The molecule has 1 aliphatic heterocycles. The van der Waals surface area contributed by atoms with Gasteiger partial charge in [0.2, 0.25) is 0 Å².